The third-order valence-electron chi connectivity index (χ3n) is 1.65. The van der Waals surface area contributed by atoms with Gasteiger partial charge in [0.05, 0.1) is 5.56 Å². The van der Waals surface area contributed by atoms with Crippen LogP contribution in [0.3, 0.4) is 0 Å². The van der Waals surface area contributed by atoms with Crippen LogP contribution in [0.5, 0.6) is 0 Å². The first kappa shape index (κ1) is 9.51. The fourth-order valence-corrected chi connectivity index (χ4v) is 2.33. The lowest BCUT2D eigenvalue weighted by Gasteiger charge is -2.04. The number of hydrogen-bond donors (Lipinski definition) is 1. The van der Waals surface area contributed by atoms with Crippen LogP contribution in [0.4, 0.5) is 0 Å². The molecule has 0 aliphatic heterocycles. The Bertz CT molecular complexity index is 308. The zero-order chi connectivity index (χ0) is 9.30. The number of benzene rings is 1. The molecule has 0 aromatic heterocycles. The van der Waals surface area contributed by atoms with E-state index in [1.807, 2.05) is 48.6 Å². The Hall–Kier alpha value is -0.580. The third-order valence-corrected chi connectivity index (χ3v) is 2.50. The van der Waals surface area contributed by atoms with Crippen molar-refractivity contribution in [3.05, 3.63) is 32.4 Å². The van der Waals surface area contributed by atoms with Crippen molar-refractivity contribution in [2.45, 2.75) is 13.8 Å². The lowest BCUT2D eigenvalue weighted by atomic mass is 10.1. The number of halogens is 1. The molecule has 0 bridgehead atoms. The summed E-state index contributed by atoms with van der Waals surface area (Å²) in [5.74, 6) is -0.850. The largest absolute Gasteiger partial charge is 0.478 e. The number of aryl methyl sites for hydroxylation is 2. The lowest BCUT2D eigenvalue weighted by molar-refractivity contribution is 0.0695. The maximum absolute atomic E-state index is 10.7. The van der Waals surface area contributed by atoms with Gasteiger partial charge in [0.1, 0.15) is 0 Å². The van der Waals surface area contributed by atoms with E-state index in [1.54, 1.807) is 0 Å². The van der Waals surface area contributed by atoms with Crippen molar-refractivity contribution in [3.63, 3.8) is 0 Å². The summed E-state index contributed by atoms with van der Waals surface area (Å²) in [7, 11) is 0. The predicted molar refractivity (Wildman–Crippen MR) is 55.6 cm³/mol. The second-order valence-electron chi connectivity index (χ2n) is 2.74. The molecule has 1 N–H and O–H groups in total. The van der Waals surface area contributed by atoms with Gasteiger partial charge < -0.3 is 5.11 Å². The molecule has 0 fully saturated rings. The highest BCUT2D eigenvalue weighted by atomic mass is 127. The van der Waals surface area contributed by atoms with E-state index in [1.165, 1.54) is 0 Å². The molecular formula is C9H9IO2. The molecule has 0 unspecified atom stereocenters. The number of rotatable bonds is 1. The van der Waals surface area contributed by atoms with Gasteiger partial charge in [-0.15, -0.1) is 0 Å². The smallest absolute Gasteiger partial charge is 0.337 e. The fourth-order valence-electron chi connectivity index (χ4n) is 1.19. The molecule has 0 aliphatic rings. The van der Waals surface area contributed by atoms with Gasteiger partial charge in [-0.25, -0.2) is 4.79 Å². The van der Waals surface area contributed by atoms with E-state index in [4.69, 9.17) is 5.11 Å². The molecule has 0 saturated carbocycles. The summed E-state index contributed by atoms with van der Waals surface area (Å²) < 4.78 is 0.803. The van der Waals surface area contributed by atoms with Crippen LogP contribution < -0.4 is 0 Å². The van der Waals surface area contributed by atoms with Crippen LogP contribution in [0.2, 0.25) is 0 Å². The second-order valence-corrected chi connectivity index (χ2v) is 3.91. The summed E-state index contributed by atoms with van der Waals surface area (Å²) >= 11 is 2.05. The molecule has 64 valence electrons. The van der Waals surface area contributed by atoms with Crippen molar-refractivity contribution in [2.75, 3.05) is 0 Å². The highest BCUT2D eigenvalue weighted by molar-refractivity contribution is 14.1. The maximum Gasteiger partial charge on any atom is 0.337 e. The highest BCUT2D eigenvalue weighted by Gasteiger charge is 2.11. The molecule has 12 heavy (non-hydrogen) atoms. The summed E-state index contributed by atoms with van der Waals surface area (Å²) in [5, 5.41) is 8.83. The molecule has 3 heteroatoms. The van der Waals surface area contributed by atoms with Crippen molar-refractivity contribution in [3.8, 4) is 0 Å². The molecule has 1 rings (SSSR count). The molecule has 0 heterocycles. The minimum atomic E-state index is -0.850. The van der Waals surface area contributed by atoms with Gasteiger partial charge in [-0.3, -0.25) is 0 Å². The van der Waals surface area contributed by atoms with E-state index in [-0.39, 0.29) is 0 Å². The number of aromatic carboxylic acids is 1. The number of carboxylic acid groups (broad SMARTS) is 1. The summed E-state index contributed by atoms with van der Waals surface area (Å²) in [6.07, 6.45) is 0. The fraction of sp³-hybridized carbons (Fsp3) is 0.222. The monoisotopic (exact) mass is 276 g/mol. The van der Waals surface area contributed by atoms with Gasteiger partial charge in [-0.05, 0) is 53.6 Å². The molecular weight excluding hydrogens is 267 g/mol. The summed E-state index contributed by atoms with van der Waals surface area (Å²) in [4.78, 5) is 10.7. The number of hydrogen-bond acceptors (Lipinski definition) is 1. The van der Waals surface area contributed by atoms with E-state index in [0.717, 1.165) is 14.7 Å². The quantitative estimate of drug-likeness (QED) is 0.800. The van der Waals surface area contributed by atoms with Gasteiger partial charge in [0, 0.05) is 3.57 Å². The van der Waals surface area contributed by atoms with E-state index in [2.05, 4.69) is 0 Å². The molecule has 0 aliphatic carbocycles. The van der Waals surface area contributed by atoms with Crippen LogP contribution in [0.1, 0.15) is 21.5 Å². The Morgan fingerprint density at radius 2 is 2.00 bits per heavy atom. The molecule has 1 aromatic carbocycles. The van der Waals surface area contributed by atoms with E-state index in [9.17, 15) is 4.79 Å². The molecule has 0 amide bonds. The van der Waals surface area contributed by atoms with Crippen molar-refractivity contribution in [1.82, 2.24) is 0 Å². The average molecular weight is 276 g/mol. The van der Waals surface area contributed by atoms with Crippen molar-refractivity contribution >= 4 is 28.6 Å². The van der Waals surface area contributed by atoms with Gasteiger partial charge in [0.2, 0.25) is 0 Å². The van der Waals surface area contributed by atoms with Crippen LogP contribution >= 0.6 is 22.6 Å². The third kappa shape index (κ3) is 1.77. The van der Waals surface area contributed by atoms with E-state index in [0.29, 0.717) is 5.56 Å². The zero-order valence-corrected chi connectivity index (χ0v) is 9.05. The molecule has 0 spiro atoms. The standard InChI is InChI=1S/C9H9IO2/c1-5-3-6(2)8(9(11)12)7(10)4-5/h3-4H,1-2H3,(H,11,12). The minimum Gasteiger partial charge on any atom is -0.478 e. The van der Waals surface area contributed by atoms with E-state index >= 15 is 0 Å². The predicted octanol–water partition coefficient (Wildman–Crippen LogP) is 2.61. The number of carboxylic acids is 1. The van der Waals surface area contributed by atoms with Crippen molar-refractivity contribution in [1.29, 1.82) is 0 Å². The molecule has 1 aromatic rings. The van der Waals surface area contributed by atoms with Crippen LogP contribution in [0.25, 0.3) is 0 Å². The molecule has 0 radical (unpaired) electrons. The van der Waals surface area contributed by atoms with Crippen molar-refractivity contribution in [2.24, 2.45) is 0 Å². The van der Waals surface area contributed by atoms with Gasteiger partial charge in [0.15, 0.2) is 0 Å². The minimum absolute atomic E-state index is 0.418. The first-order valence-corrected chi connectivity index (χ1v) is 4.60. The topological polar surface area (TPSA) is 37.3 Å². The lowest BCUT2D eigenvalue weighted by Crippen LogP contribution is -2.03. The summed E-state index contributed by atoms with van der Waals surface area (Å²) in [6.45, 7) is 3.78. The zero-order valence-electron chi connectivity index (χ0n) is 6.89. The second kappa shape index (κ2) is 3.43. The maximum atomic E-state index is 10.7. The Labute approximate surface area is 84.7 Å². The Morgan fingerprint density at radius 1 is 1.42 bits per heavy atom. The van der Waals surface area contributed by atoms with Gasteiger partial charge in [-0.1, -0.05) is 6.07 Å². The van der Waals surface area contributed by atoms with Gasteiger partial charge in [-0.2, -0.15) is 0 Å². The summed E-state index contributed by atoms with van der Waals surface area (Å²) in [6, 6.07) is 3.75. The molecule has 0 saturated heterocycles. The highest BCUT2D eigenvalue weighted by Crippen LogP contribution is 2.18. The normalized spacial score (nSPS) is 9.92. The van der Waals surface area contributed by atoms with Gasteiger partial charge in [0.25, 0.3) is 0 Å². The van der Waals surface area contributed by atoms with Crippen LogP contribution in [0, 0.1) is 17.4 Å². The first-order chi connectivity index (χ1) is 5.52. The SMILES string of the molecule is Cc1cc(C)c(C(=O)O)c(I)c1. The van der Waals surface area contributed by atoms with Crippen LogP contribution in [-0.2, 0) is 0 Å². The Kier molecular flexibility index (Phi) is 2.72. The molecule has 0 atom stereocenters. The van der Waals surface area contributed by atoms with Crippen LogP contribution in [0.15, 0.2) is 12.1 Å². The van der Waals surface area contributed by atoms with E-state index < -0.39 is 5.97 Å². The summed E-state index contributed by atoms with van der Waals surface area (Å²) in [5.41, 5.74) is 2.34. The Balaban J connectivity index is 3.38. The van der Waals surface area contributed by atoms with Gasteiger partial charge >= 0.3 is 5.97 Å². The first-order valence-electron chi connectivity index (χ1n) is 3.52. The Morgan fingerprint density at radius 3 is 2.42 bits per heavy atom. The van der Waals surface area contributed by atoms with Crippen molar-refractivity contribution < 1.29 is 9.90 Å². The number of carbonyl (C=O) groups is 1. The van der Waals surface area contributed by atoms with Crippen LogP contribution in [-0.4, -0.2) is 11.1 Å². The average Bonchev–Trinajstić information content (AvgIpc) is 1.82. The molecule has 2 nitrogen and oxygen atoms in total.